The van der Waals surface area contributed by atoms with E-state index in [4.69, 9.17) is 16.2 Å². The average Bonchev–Trinajstić information content (AvgIpc) is 3.89. The smallest absolute Gasteiger partial charge is 0.255 e. The minimum atomic E-state index is -0.662. The third kappa shape index (κ3) is 8.99. The summed E-state index contributed by atoms with van der Waals surface area (Å²) in [5.74, 6) is 7.60. The Labute approximate surface area is 304 Å². The zero-order chi connectivity index (χ0) is 37.2. The van der Waals surface area contributed by atoms with E-state index < -0.39 is 6.04 Å². The van der Waals surface area contributed by atoms with E-state index in [1.165, 1.54) is 54.0 Å². The lowest BCUT2D eigenvalue weighted by Crippen LogP contribution is -2.37. The van der Waals surface area contributed by atoms with Gasteiger partial charge in [0.25, 0.3) is 5.91 Å². The summed E-state index contributed by atoms with van der Waals surface area (Å²) in [6.45, 7) is 2.87. The number of aliphatic hydroxyl groups is 1. The largest absolute Gasteiger partial charge is 0.513 e. The minimum Gasteiger partial charge on any atom is -0.513 e. The predicted molar refractivity (Wildman–Crippen MR) is 203 cm³/mol. The summed E-state index contributed by atoms with van der Waals surface area (Å²) >= 11 is 0. The molecule has 1 aromatic carbocycles. The number of allylic oxidation sites excluding steroid dienone is 1. The first-order chi connectivity index (χ1) is 25.1. The molecule has 2 amide bonds. The molecule has 0 saturated carbocycles. The number of rotatable bonds is 9. The van der Waals surface area contributed by atoms with Gasteiger partial charge in [-0.2, -0.15) is 0 Å². The monoisotopic (exact) mass is 707 g/mol. The van der Waals surface area contributed by atoms with Crippen LogP contribution in [0, 0.1) is 23.2 Å². The van der Waals surface area contributed by atoms with Crippen LogP contribution in [-0.2, 0) is 16.1 Å². The van der Waals surface area contributed by atoms with Gasteiger partial charge >= 0.3 is 0 Å². The number of hydrogen-bond donors (Lipinski definition) is 6. The van der Waals surface area contributed by atoms with Crippen molar-refractivity contribution >= 4 is 40.7 Å². The number of benzene rings is 1. The zero-order valence-electron chi connectivity index (χ0n) is 30.1. The van der Waals surface area contributed by atoms with Crippen molar-refractivity contribution in [3.8, 4) is 11.8 Å². The van der Waals surface area contributed by atoms with E-state index in [0.717, 1.165) is 42.3 Å². The lowest BCUT2D eigenvalue weighted by Gasteiger charge is -2.30. The number of amides is 2. The highest BCUT2D eigenvalue weighted by Crippen LogP contribution is 2.32. The molecule has 274 valence electrons. The molecule has 52 heavy (non-hydrogen) atoms. The van der Waals surface area contributed by atoms with Gasteiger partial charge in [0.1, 0.15) is 24.2 Å². The molecule has 3 aromatic rings. The maximum atomic E-state index is 12.9. The first-order valence-electron chi connectivity index (χ1n) is 17.7. The van der Waals surface area contributed by atoms with E-state index in [1.54, 1.807) is 18.2 Å². The van der Waals surface area contributed by atoms with Crippen LogP contribution >= 0.6 is 0 Å². The van der Waals surface area contributed by atoms with Crippen LogP contribution in [0.5, 0.6) is 0 Å². The van der Waals surface area contributed by atoms with Crippen molar-refractivity contribution in [2.45, 2.75) is 57.2 Å². The minimum absolute atomic E-state index is 0.170. The molecule has 2 fully saturated rings. The molecule has 0 radical (unpaired) electrons. The number of fused-ring (bicyclic) bond motifs is 2. The first kappa shape index (κ1) is 37.6. The Balaban J connectivity index is 0.000000254. The van der Waals surface area contributed by atoms with E-state index in [2.05, 4.69) is 56.5 Å². The van der Waals surface area contributed by atoms with Crippen molar-refractivity contribution in [2.24, 2.45) is 11.7 Å². The number of likely N-dealkylation sites (tertiary alicyclic amines) is 2. The summed E-state index contributed by atoms with van der Waals surface area (Å²) in [4.78, 5) is 49.9. The molecule has 13 heteroatoms. The third-order valence-corrected chi connectivity index (χ3v) is 9.99. The molecule has 5 heterocycles. The summed E-state index contributed by atoms with van der Waals surface area (Å²) in [7, 11) is 5.63. The van der Waals surface area contributed by atoms with Crippen molar-refractivity contribution in [1.29, 1.82) is 5.41 Å². The SMILES string of the molecule is CNC(=O)CCC(C=O)N1Cc2c(C#CC3CCN(C(=N)/C=C\C(N)=C\O)CC3)cccc2C1=O.CNc1cc2[nH]c(C3CCCN3C)cc2cn1. The highest BCUT2D eigenvalue weighted by Gasteiger charge is 2.34. The van der Waals surface area contributed by atoms with Crippen LogP contribution in [0.4, 0.5) is 5.82 Å². The van der Waals surface area contributed by atoms with Gasteiger partial charge in [0.2, 0.25) is 5.91 Å². The molecule has 3 aliphatic rings. The van der Waals surface area contributed by atoms with Crippen molar-refractivity contribution < 1.29 is 19.5 Å². The summed E-state index contributed by atoms with van der Waals surface area (Å²) in [5, 5.41) is 23.8. The molecule has 0 bridgehead atoms. The van der Waals surface area contributed by atoms with Crippen molar-refractivity contribution in [3.63, 3.8) is 0 Å². The number of H-pyrrole nitrogens is 1. The number of aldehydes is 1. The van der Waals surface area contributed by atoms with Gasteiger partial charge < -0.3 is 41.1 Å². The molecule has 2 unspecified atom stereocenters. The van der Waals surface area contributed by atoms with Crippen LogP contribution in [0.15, 0.2) is 60.6 Å². The number of hydrogen-bond acceptors (Lipinski definition) is 9. The fraction of sp³-hybridized carbons (Fsp3) is 0.410. The standard InChI is InChI=1S/C26H31N5O4.C13H18N4/c1-29-25(34)10-8-21(17-33)31-15-23-19(3-2-4-22(23)26(31)35)6-5-18-11-13-30(14-12-18)24(28)9-7-20(27)16-32;1-14-13-7-10-9(8-15-13)6-11(16-10)12-4-3-5-17(12)2/h2-4,7,9,16-18,21,28,32H,8,10-15,27H2,1H3,(H,29,34);6-8,12,16H,3-5H2,1-2H3,(H,14,15)/b9-7-,20-16-,28-24?;. The van der Waals surface area contributed by atoms with Crippen molar-refractivity contribution in [2.75, 3.05) is 46.1 Å². The fourth-order valence-corrected chi connectivity index (χ4v) is 6.88. The number of amidine groups is 1. The highest BCUT2D eigenvalue weighted by molar-refractivity contribution is 6.00. The molecule has 13 nitrogen and oxygen atoms in total. The molecule has 2 aromatic heterocycles. The van der Waals surface area contributed by atoms with E-state index in [-0.39, 0.29) is 36.3 Å². The summed E-state index contributed by atoms with van der Waals surface area (Å²) in [6, 6.07) is 9.61. The van der Waals surface area contributed by atoms with E-state index in [9.17, 15) is 14.4 Å². The van der Waals surface area contributed by atoms with Crippen LogP contribution in [0.1, 0.15) is 71.7 Å². The number of pyridine rings is 1. The van der Waals surface area contributed by atoms with Gasteiger partial charge in [0.05, 0.1) is 17.3 Å². The Kier molecular flexibility index (Phi) is 12.7. The second-order valence-electron chi connectivity index (χ2n) is 13.3. The van der Waals surface area contributed by atoms with E-state index in [1.807, 2.05) is 24.2 Å². The van der Waals surface area contributed by atoms with Crippen molar-refractivity contribution in [1.82, 2.24) is 30.0 Å². The van der Waals surface area contributed by atoms with Crippen LogP contribution in [0.25, 0.3) is 10.9 Å². The Morgan fingerprint density at radius 3 is 2.65 bits per heavy atom. The zero-order valence-corrected chi connectivity index (χ0v) is 30.1. The van der Waals surface area contributed by atoms with Crippen LogP contribution in [0.2, 0.25) is 0 Å². The Hall–Kier alpha value is -5.61. The number of anilines is 1. The number of aromatic nitrogens is 2. The quantitative estimate of drug-likeness (QED) is 0.0477. The molecule has 7 N–H and O–H groups in total. The number of nitrogens with zero attached hydrogens (tertiary/aromatic N) is 4. The number of nitrogens with one attached hydrogen (secondary N) is 4. The van der Waals surface area contributed by atoms with Gasteiger partial charge in [-0.1, -0.05) is 17.9 Å². The average molecular weight is 708 g/mol. The Morgan fingerprint density at radius 1 is 1.19 bits per heavy atom. The molecular weight excluding hydrogens is 658 g/mol. The molecule has 0 spiro atoms. The molecule has 6 rings (SSSR count). The van der Waals surface area contributed by atoms with Gasteiger partial charge in [-0.3, -0.25) is 19.9 Å². The maximum absolute atomic E-state index is 12.9. The lowest BCUT2D eigenvalue weighted by atomic mass is 9.96. The van der Waals surface area contributed by atoms with E-state index >= 15 is 0 Å². The first-order valence-corrected chi connectivity index (χ1v) is 17.7. The topological polar surface area (TPSA) is 184 Å². The lowest BCUT2D eigenvalue weighted by molar-refractivity contribution is -0.121. The van der Waals surface area contributed by atoms with Gasteiger partial charge in [-0.05, 0) is 81.6 Å². The number of piperidine rings is 1. The number of aromatic amines is 1. The Bertz CT molecular complexity index is 1900. The van der Waals surface area contributed by atoms with Crippen LogP contribution < -0.4 is 16.4 Å². The fourth-order valence-electron chi connectivity index (χ4n) is 6.88. The van der Waals surface area contributed by atoms with Crippen LogP contribution in [0.3, 0.4) is 0 Å². The normalized spacial score (nSPS) is 18.4. The number of carbonyl (C=O) groups excluding carboxylic acids is 3. The van der Waals surface area contributed by atoms with Crippen LogP contribution in [-0.4, -0.2) is 101 Å². The number of nitrogens with two attached hydrogens (primary N) is 1. The Morgan fingerprint density at radius 2 is 1.98 bits per heavy atom. The molecule has 0 aliphatic carbocycles. The number of aliphatic hydroxyl groups excluding tert-OH is 1. The maximum Gasteiger partial charge on any atom is 0.255 e. The second kappa shape index (κ2) is 17.5. The van der Waals surface area contributed by atoms with Gasteiger partial charge in [-0.15, -0.1) is 0 Å². The summed E-state index contributed by atoms with van der Waals surface area (Å²) < 4.78 is 0. The van der Waals surface area contributed by atoms with Gasteiger partial charge in [0.15, 0.2) is 0 Å². The predicted octanol–water partition coefficient (Wildman–Crippen LogP) is 4.06. The molecule has 3 aliphatic heterocycles. The van der Waals surface area contributed by atoms with Gasteiger partial charge in [0, 0.05) is 86.6 Å². The molecule has 2 atom stereocenters. The summed E-state index contributed by atoms with van der Waals surface area (Å²) in [5.41, 5.74) is 10.3. The van der Waals surface area contributed by atoms with Gasteiger partial charge in [-0.25, -0.2) is 4.98 Å². The number of carbonyl (C=O) groups is 3. The second-order valence-corrected chi connectivity index (χ2v) is 13.3. The molecule has 2 saturated heterocycles. The molecular formula is C39H49N9O4. The van der Waals surface area contributed by atoms with Crippen molar-refractivity contribution in [3.05, 3.63) is 83.0 Å². The third-order valence-electron chi connectivity index (χ3n) is 9.99. The van der Waals surface area contributed by atoms with E-state index in [0.29, 0.717) is 37.1 Å². The highest BCUT2D eigenvalue weighted by atomic mass is 16.2. The summed E-state index contributed by atoms with van der Waals surface area (Å²) in [6.07, 6.45) is 11.1.